The zero-order valence-corrected chi connectivity index (χ0v) is 10.0. The van der Waals surface area contributed by atoms with Crippen LogP contribution < -0.4 is 0 Å². The summed E-state index contributed by atoms with van der Waals surface area (Å²) in [5, 5.41) is 9.04. The van der Waals surface area contributed by atoms with Crippen molar-refractivity contribution in [2.75, 3.05) is 14.2 Å². The molecule has 84 valence electrons. The van der Waals surface area contributed by atoms with E-state index in [-0.39, 0.29) is 0 Å². The average molecular weight is 217 g/mol. The number of hydroxylamine groups is 1. The molecule has 16 heavy (non-hydrogen) atoms. The van der Waals surface area contributed by atoms with E-state index < -0.39 is 0 Å². The normalized spacial score (nSPS) is 11.6. The van der Waals surface area contributed by atoms with Gasteiger partial charge in [0.1, 0.15) is 7.11 Å². The van der Waals surface area contributed by atoms with E-state index in [2.05, 4.69) is 25.1 Å². The molecule has 0 spiro atoms. The molecule has 0 radical (unpaired) electrons. The van der Waals surface area contributed by atoms with Crippen LogP contribution in [0.5, 0.6) is 0 Å². The van der Waals surface area contributed by atoms with Crippen molar-refractivity contribution in [1.82, 2.24) is 0 Å². The Morgan fingerprint density at radius 2 is 2.00 bits per heavy atom. The van der Waals surface area contributed by atoms with Crippen molar-refractivity contribution in [3.05, 3.63) is 35.4 Å². The first-order chi connectivity index (χ1) is 7.72. The summed E-state index contributed by atoms with van der Waals surface area (Å²) in [6, 6.07) is 10.2. The van der Waals surface area contributed by atoms with Gasteiger partial charge in [-0.05, 0) is 28.9 Å². The zero-order chi connectivity index (χ0) is 12.0. The summed E-state index contributed by atoms with van der Waals surface area (Å²) in [5.41, 5.74) is 2.70. The van der Waals surface area contributed by atoms with Crippen LogP contribution in [0.3, 0.4) is 0 Å². The number of nitrogens with zero attached hydrogens (tertiary/aromatic N) is 2. The van der Waals surface area contributed by atoms with Gasteiger partial charge >= 0.3 is 5.71 Å². The van der Waals surface area contributed by atoms with E-state index in [1.807, 2.05) is 12.1 Å². The molecule has 0 aliphatic heterocycles. The van der Waals surface area contributed by atoms with Crippen molar-refractivity contribution < 1.29 is 9.58 Å². The number of hydrogen-bond acceptors (Lipinski definition) is 2. The maximum atomic E-state index is 9.04. The third kappa shape index (κ3) is 2.83. The van der Waals surface area contributed by atoms with Gasteiger partial charge in [-0.3, -0.25) is 4.84 Å². The average Bonchev–Trinajstić information content (AvgIpc) is 2.32. The Balaban J connectivity index is 3.01. The van der Waals surface area contributed by atoms with Crippen molar-refractivity contribution in [1.29, 1.82) is 5.26 Å². The van der Waals surface area contributed by atoms with Gasteiger partial charge in [-0.1, -0.05) is 25.5 Å². The van der Waals surface area contributed by atoms with E-state index in [0.717, 1.165) is 18.4 Å². The van der Waals surface area contributed by atoms with Crippen molar-refractivity contribution in [3.8, 4) is 6.07 Å². The Bertz CT molecular complexity index is 413. The second kappa shape index (κ2) is 5.92. The van der Waals surface area contributed by atoms with Crippen molar-refractivity contribution in [3.63, 3.8) is 0 Å². The fourth-order valence-electron chi connectivity index (χ4n) is 1.53. The molecule has 1 rings (SSSR count). The molecule has 0 bridgehead atoms. The minimum absolute atomic E-state index is 0.519. The van der Waals surface area contributed by atoms with Crippen LogP contribution >= 0.6 is 0 Å². The minimum atomic E-state index is 0.519. The predicted octanol–water partition coefficient (Wildman–Crippen LogP) is 2.16. The molecule has 0 atom stereocenters. The first-order valence-corrected chi connectivity index (χ1v) is 5.37. The fourth-order valence-corrected chi connectivity index (χ4v) is 1.53. The lowest BCUT2D eigenvalue weighted by Crippen LogP contribution is -2.16. The van der Waals surface area contributed by atoms with Gasteiger partial charge in [-0.2, -0.15) is 5.26 Å². The summed E-state index contributed by atoms with van der Waals surface area (Å²) in [4.78, 5) is 5.01. The van der Waals surface area contributed by atoms with Crippen molar-refractivity contribution >= 4 is 5.71 Å². The molecule has 0 saturated heterocycles. The van der Waals surface area contributed by atoms with Crippen LogP contribution in [0.4, 0.5) is 0 Å². The third-order valence-electron chi connectivity index (χ3n) is 2.46. The van der Waals surface area contributed by atoms with Crippen LogP contribution in [-0.4, -0.2) is 24.6 Å². The van der Waals surface area contributed by atoms with Crippen molar-refractivity contribution in [2.45, 2.75) is 19.8 Å². The molecule has 0 saturated carbocycles. The quantitative estimate of drug-likeness (QED) is 0.440. The summed E-state index contributed by atoms with van der Waals surface area (Å²) in [6.07, 6.45) is 2.20. The lowest BCUT2D eigenvalue weighted by molar-refractivity contribution is -0.759. The van der Waals surface area contributed by atoms with Crippen LogP contribution in [-0.2, 0) is 11.3 Å². The minimum Gasteiger partial charge on any atom is -0.279 e. The highest BCUT2D eigenvalue weighted by Gasteiger charge is 2.14. The molecule has 0 fully saturated rings. The summed E-state index contributed by atoms with van der Waals surface area (Å²) in [5.74, 6) is 0. The van der Waals surface area contributed by atoms with Gasteiger partial charge < -0.3 is 0 Å². The molecule has 0 aliphatic rings. The topological polar surface area (TPSA) is 36.0 Å². The van der Waals surface area contributed by atoms with Crippen molar-refractivity contribution in [2.24, 2.45) is 0 Å². The van der Waals surface area contributed by atoms with Gasteiger partial charge in [0.05, 0.1) is 5.56 Å². The third-order valence-corrected chi connectivity index (χ3v) is 2.46. The Labute approximate surface area is 96.6 Å². The van der Waals surface area contributed by atoms with E-state index in [1.54, 1.807) is 14.2 Å². The molecule has 1 aromatic rings. The molecule has 1 aromatic carbocycles. The van der Waals surface area contributed by atoms with Gasteiger partial charge in [0, 0.05) is 0 Å². The molecule has 3 heteroatoms. The summed E-state index contributed by atoms with van der Waals surface area (Å²) < 4.78 is 1.47. The molecule has 0 unspecified atom stereocenters. The van der Waals surface area contributed by atoms with Gasteiger partial charge in [-0.25, -0.2) is 0 Å². The number of rotatable bonds is 4. The number of aryl methyl sites for hydroxylation is 1. The highest BCUT2D eigenvalue weighted by atomic mass is 16.6. The monoisotopic (exact) mass is 217 g/mol. The largest absolute Gasteiger partial charge is 0.333 e. The Hall–Kier alpha value is -1.82. The SMILES string of the molecule is CCCc1ccc(C(C#N)=[N+](C)OC)cc1. The molecular weight excluding hydrogens is 200 g/mol. The lowest BCUT2D eigenvalue weighted by Gasteiger charge is -2.00. The van der Waals surface area contributed by atoms with Crippen LogP contribution in [0, 0.1) is 11.3 Å². The number of hydrogen-bond donors (Lipinski definition) is 0. The summed E-state index contributed by atoms with van der Waals surface area (Å²) >= 11 is 0. The maximum absolute atomic E-state index is 9.04. The molecule has 3 nitrogen and oxygen atoms in total. The van der Waals surface area contributed by atoms with Crippen LogP contribution in [0.15, 0.2) is 24.3 Å². The van der Waals surface area contributed by atoms with E-state index in [4.69, 9.17) is 10.1 Å². The summed E-state index contributed by atoms with van der Waals surface area (Å²) in [6.45, 7) is 2.15. The Kier molecular flexibility index (Phi) is 4.53. The van der Waals surface area contributed by atoms with Crippen LogP contribution in [0.2, 0.25) is 0 Å². The van der Waals surface area contributed by atoms with E-state index in [9.17, 15) is 0 Å². The molecule has 0 aromatic heterocycles. The molecule has 0 N–H and O–H groups in total. The van der Waals surface area contributed by atoms with Crippen LogP contribution in [0.1, 0.15) is 24.5 Å². The fraction of sp³-hybridized carbons (Fsp3) is 0.385. The first kappa shape index (κ1) is 12.3. The van der Waals surface area contributed by atoms with Crippen LogP contribution in [0.25, 0.3) is 0 Å². The Morgan fingerprint density at radius 3 is 2.44 bits per heavy atom. The molecule has 0 heterocycles. The summed E-state index contributed by atoms with van der Waals surface area (Å²) in [7, 11) is 3.27. The maximum Gasteiger partial charge on any atom is 0.333 e. The standard InChI is InChI=1S/C13H17N2O/c1-4-5-11-6-8-12(9-7-11)13(10-14)15(2)16-3/h6-9H,4-5H2,1-3H3/q+1. The highest BCUT2D eigenvalue weighted by molar-refractivity contribution is 6.08. The van der Waals surface area contributed by atoms with Gasteiger partial charge in [0.2, 0.25) is 0 Å². The number of benzene rings is 1. The molecule has 0 amide bonds. The second-order valence-corrected chi connectivity index (χ2v) is 3.59. The van der Waals surface area contributed by atoms with Gasteiger partial charge in [0.25, 0.3) is 0 Å². The van der Waals surface area contributed by atoms with Gasteiger partial charge in [-0.15, -0.1) is 0 Å². The van der Waals surface area contributed by atoms with E-state index >= 15 is 0 Å². The van der Waals surface area contributed by atoms with E-state index in [0.29, 0.717) is 5.71 Å². The molecule has 0 aliphatic carbocycles. The Morgan fingerprint density at radius 1 is 1.38 bits per heavy atom. The highest BCUT2D eigenvalue weighted by Crippen LogP contribution is 2.07. The number of nitriles is 1. The van der Waals surface area contributed by atoms with Gasteiger partial charge in [0.15, 0.2) is 13.1 Å². The second-order valence-electron chi connectivity index (χ2n) is 3.59. The first-order valence-electron chi connectivity index (χ1n) is 5.37. The smallest absolute Gasteiger partial charge is 0.279 e. The predicted molar refractivity (Wildman–Crippen MR) is 63.4 cm³/mol. The van der Waals surface area contributed by atoms with E-state index in [1.165, 1.54) is 10.3 Å². The lowest BCUT2D eigenvalue weighted by atomic mass is 10.1. The molecular formula is C13H17N2O+. The zero-order valence-electron chi connectivity index (χ0n) is 10.0.